The molecule has 0 bridgehead atoms. The SMILES string of the molecule is COC[C@@H](C)Oc1ccc(-c2nnc(Cn3nccn3)o2)cc1. The summed E-state index contributed by atoms with van der Waals surface area (Å²) in [5.41, 5.74) is 0.823. The predicted octanol–water partition coefficient (Wildman–Crippen LogP) is 1.79. The molecule has 0 aliphatic rings. The molecule has 3 rings (SSSR count). The maximum atomic E-state index is 5.71. The van der Waals surface area contributed by atoms with E-state index in [9.17, 15) is 0 Å². The van der Waals surface area contributed by atoms with Crippen molar-refractivity contribution in [3.63, 3.8) is 0 Å². The maximum Gasteiger partial charge on any atom is 0.247 e. The van der Waals surface area contributed by atoms with Crippen LogP contribution < -0.4 is 4.74 Å². The van der Waals surface area contributed by atoms with Crippen molar-refractivity contribution >= 4 is 0 Å². The largest absolute Gasteiger partial charge is 0.488 e. The van der Waals surface area contributed by atoms with Gasteiger partial charge in [-0.2, -0.15) is 15.0 Å². The van der Waals surface area contributed by atoms with Gasteiger partial charge in [-0.3, -0.25) is 0 Å². The van der Waals surface area contributed by atoms with Crippen molar-refractivity contribution in [3.8, 4) is 17.2 Å². The molecule has 2 aromatic heterocycles. The third-order valence-corrected chi connectivity index (χ3v) is 3.05. The van der Waals surface area contributed by atoms with Gasteiger partial charge in [0, 0.05) is 12.7 Å². The smallest absolute Gasteiger partial charge is 0.247 e. The van der Waals surface area contributed by atoms with Crippen LogP contribution >= 0.6 is 0 Å². The van der Waals surface area contributed by atoms with Gasteiger partial charge in [0.2, 0.25) is 11.8 Å². The Kier molecular flexibility index (Phi) is 4.62. The molecule has 0 aliphatic heterocycles. The van der Waals surface area contributed by atoms with Crippen LogP contribution in [0.5, 0.6) is 5.75 Å². The minimum absolute atomic E-state index is 0.0116. The molecular formula is C15H17N5O3. The Morgan fingerprint density at radius 2 is 1.87 bits per heavy atom. The van der Waals surface area contributed by atoms with E-state index < -0.39 is 0 Å². The quantitative estimate of drug-likeness (QED) is 0.656. The Balaban J connectivity index is 1.66. The van der Waals surface area contributed by atoms with Gasteiger partial charge in [0.1, 0.15) is 18.4 Å². The third-order valence-electron chi connectivity index (χ3n) is 3.05. The summed E-state index contributed by atoms with van der Waals surface area (Å²) in [6.07, 6.45) is 3.18. The zero-order valence-corrected chi connectivity index (χ0v) is 12.9. The first-order valence-electron chi connectivity index (χ1n) is 7.17. The summed E-state index contributed by atoms with van der Waals surface area (Å²) >= 11 is 0. The van der Waals surface area contributed by atoms with Crippen LogP contribution in [0.25, 0.3) is 11.5 Å². The highest BCUT2D eigenvalue weighted by Crippen LogP contribution is 2.22. The Morgan fingerprint density at radius 1 is 1.13 bits per heavy atom. The molecule has 23 heavy (non-hydrogen) atoms. The summed E-state index contributed by atoms with van der Waals surface area (Å²) in [6.45, 7) is 2.83. The lowest BCUT2D eigenvalue weighted by Crippen LogP contribution is -2.17. The first-order chi connectivity index (χ1) is 11.2. The molecular weight excluding hydrogens is 298 g/mol. The Hall–Kier alpha value is -2.74. The van der Waals surface area contributed by atoms with Crippen LogP contribution in [-0.2, 0) is 11.3 Å². The fraction of sp³-hybridized carbons (Fsp3) is 0.333. The molecule has 0 radical (unpaired) electrons. The number of benzene rings is 1. The average Bonchev–Trinajstić information content (AvgIpc) is 3.21. The molecule has 0 unspecified atom stereocenters. The molecule has 8 heteroatoms. The van der Waals surface area contributed by atoms with Crippen LogP contribution in [0, 0.1) is 0 Å². The molecule has 0 saturated heterocycles. The van der Waals surface area contributed by atoms with Gasteiger partial charge < -0.3 is 13.9 Å². The highest BCUT2D eigenvalue weighted by molar-refractivity contribution is 5.53. The third kappa shape index (κ3) is 3.92. The average molecular weight is 315 g/mol. The molecule has 0 amide bonds. The summed E-state index contributed by atoms with van der Waals surface area (Å²) in [6, 6.07) is 7.47. The van der Waals surface area contributed by atoms with Gasteiger partial charge in [0.05, 0.1) is 19.0 Å². The Labute approximate surface area is 133 Å². The molecule has 120 valence electrons. The second-order valence-corrected chi connectivity index (χ2v) is 4.97. The van der Waals surface area contributed by atoms with E-state index in [-0.39, 0.29) is 6.10 Å². The first kappa shape index (κ1) is 15.2. The normalized spacial score (nSPS) is 12.3. The van der Waals surface area contributed by atoms with Gasteiger partial charge >= 0.3 is 0 Å². The van der Waals surface area contributed by atoms with Crippen LogP contribution in [0.2, 0.25) is 0 Å². The van der Waals surface area contributed by atoms with Crippen LogP contribution in [-0.4, -0.2) is 45.0 Å². The molecule has 1 aromatic carbocycles. The minimum atomic E-state index is -0.0116. The molecule has 0 N–H and O–H groups in total. The summed E-state index contributed by atoms with van der Waals surface area (Å²) in [7, 11) is 1.65. The molecule has 0 spiro atoms. The van der Waals surface area contributed by atoms with Crippen LogP contribution in [0.15, 0.2) is 41.1 Å². The van der Waals surface area contributed by atoms with Crippen LogP contribution in [0.1, 0.15) is 12.8 Å². The molecule has 0 aliphatic carbocycles. The number of methoxy groups -OCH3 is 1. The summed E-state index contributed by atoms with van der Waals surface area (Å²) in [5, 5.41) is 16.0. The van der Waals surface area contributed by atoms with Gasteiger partial charge in [0.25, 0.3) is 0 Å². The van der Waals surface area contributed by atoms with Crippen LogP contribution in [0.4, 0.5) is 0 Å². The van der Waals surface area contributed by atoms with Crippen molar-refractivity contribution in [2.75, 3.05) is 13.7 Å². The van der Waals surface area contributed by atoms with Gasteiger partial charge in [0.15, 0.2) is 0 Å². The van der Waals surface area contributed by atoms with Crippen LogP contribution in [0.3, 0.4) is 0 Å². The molecule has 2 heterocycles. The van der Waals surface area contributed by atoms with Gasteiger partial charge in [-0.1, -0.05) is 0 Å². The first-order valence-corrected chi connectivity index (χ1v) is 7.17. The van der Waals surface area contributed by atoms with E-state index in [2.05, 4.69) is 20.4 Å². The molecule has 3 aromatic rings. The molecule has 8 nitrogen and oxygen atoms in total. The van der Waals surface area contributed by atoms with E-state index >= 15 is 0 Å². The van der Waals surface area contributed by atoms with E-state index in [0.717, 1.165) is 11.3 Å². The van der Waals surface area contributed by atoms with Gasteiger partial charge in [-0.15, -0.1) is 10.2 Å². The highest BCUT2D eigenvalue weighted by atomic mass is 16.5. The predicted molar refractivity (Wildman–Crippen MR) is 80.8 cm³/mol. The van der Waals surface area contributed by atoms with E-state index in [1.54, 1.807) is 19.5 Å². The number of hydrogen-bond donors (Lipinski definition) is 0. The number of aromatic nitrogens is 5. The van der Waals surface area contributed by atoms with Gasteiger partial charge in [-0.25, -0.2) is 0 Å². The number of nitrogens with zero attached hydrogens (tertiary/aromatic N) is 5. The molecule has 0 saturated carbocycles. The summed E-state index contributed by atoms with van der Waals surface area (Å²) in [4.78, 5) is 1.48. The second kappa shape index (κ2) is 7.01. The van der Waals surface area contributed by atoms with E-state index in [1.165, 1.54) is 4.80 Å². The van der Waals surface area contributed by atoms with E-state index in [0.29, 0.717) is 24.9 Å². The fourth-order valence-corrected chi connectivity index (χ4v) is 2.06. The summed E-state index contributed by atoms with van der Waals surface area (Å²) < 4.78 is 16.4. The number of hydrogen-bond acceptors (Lipinski definition) is 7. The van der Waals surface area contributed by atoms with Crippen molar-refractivity contribution in [2.45, 2.75) is 19.6 Å². The van der Waals surface area contributed by atoms with E-state index in [4.69, 9.17) is 13.9 Å². The maximum absolute atomic E-state index is 5.71. The van der Waals surface area contributed by atoms with Crippen molar-refractivity contribution in [1.82, 2.24) is 25.2 Å². The van der Waals surface area contributed by atoms with Crippen molar-refractivity contribution < 1.29 is 13.9 Å². The minimum Gasteiger partial charge on any atom is -0.488 e. The summed E-state index contributed by atoms with van der Waals surface area (Å²) in [5.74, 6) is 1.66. The highest BCUT2D eigenvalue weighted by Gasteiger charge is 2.10. The Morgan fingerprint density at radius 3 is 2.57 bits per heavy atom. The van der Waals surface area contributed by atoms with Crippen molar-refractivity contribution in [2.24, 2.45) is 0 Å². The van der Waals surface area contributed by atoms with Crippen molar-refractivity contribution in [3.05, 3.63) is 42.5 Å². The number of rotatable bonds is 7. The monoisotopic (exact) mass is 315 g/mol. The fourth-order valence-electron chi connectivity index (χ4n) is 2.06. The van der Waals surface area contributed by atoms with E-state index in [1.807, 2.05) is 31.2 Å². The standard InChI is InChI=1S/C15H17N5O3/c1-11(10-21-2)22-13-5-3-12(4-6-13)15-19-18-14(23-15)9-20-16-7-8-17-20/h3-8,11H,9-10H2,1-2H3/t11-/m1/s1. The second-order valence-electron chi connectivity index (χ2n) is 4.97. The lowest BCUT2D eigenvalue weighted by molar-refractivity contribution is 0.0921. The lowest BCUT2D eigenvalue weighted by Gasteiger charge is -2.13. The lowest BCUT2D eigenvalue weighted by atomic mass is 10.2. The Bertz CT molecular complexity index is 724. The van der Waals surface area contributed by atoms with Crippen molar-refractivity contribution in [1.29, 1.82) is 0 Å². The topological polar surface area (TPSA) is 88.1 Å². The zero-order valence-electron chi connectivity index (χ0n) is 12.9. The zero-order chi connectivity index (χ0) is 16.1. The number of ether oxygens (including phenoxy) is 2. The molecule has 0 fully saturated rings. The molecule has 1 atom stereocenters. The van der Waals surface area contributed by atoms with Gasteiger partial charge in [-0.05, 0) is 31.2 Å².